The van der Waals surface area contributed by atoms with Crippen LogP contribution in [0.3, 0.4) is 0 Å². The Hall–Kier alpha value is -1.35. The Morgan fingerprint density at radius 2 is 2.07 bits per heavy atom. The number of aryl methyl sites for hydroxylation is 1. The number of fused-ring (bicyclic) bond motifs is 1. The minimum absolute atomic E-state index is 0.236. The van der Waals surface area contributed by atoms with Gasteiger partial charge in [0.15, 0.2) is 11.5 Å². The van der Waals surface area contributed by atoms with Crippen LogP contribution in [0.25, 0.3) is 11.1 Å². The van der Waals surface area contributed by atoms with Crippen molar-refractivity contribution in [3.8, 4) is 0 Å². The molecule has 14 heavy (non-hydrogen) atoms. The van der Waals surface area contributed by atoms with Crippen molar-refractivity contribution in [2.24, 2.45) is 0 Å². The lowest BCUT2D eigenvalue weighted by Gasteiger charge is -1.92. The lowest BCUT2D eigenvalue weighted by Crippen LogP contribution is -1.88. The molecular weight excluding hydrogens is 178 g/mol. The van der Waals surface area contributed by atoms with Gasteiger partial charge in [-0.05, 0) is 25.0 Å². The van der Waals surface area contributed by atoms with E-state index in [1.54, 1.807) is 0 Å². The fraction of sp³-hybridized carbons (Fsp3) is 0.364. The maximum absolute atomic E-state index is 8.63. The van der Waals surface area contributed by atoms with E-state index in [1.165, 1.54) is 0 Å². The third-order valence-corrected chi connectivity index (χ3v) is 2.14. The summed E-state index contributed by atoms with van der Waals surface area (Å²) >= 11 is 0. The molecule has 2 rings (SSSR count). The number of oxazole rings is 1. The van der Waals surface area contributed by atoms with Gasteiger partial charge in [-0.3, -0.25) is 0 Å². The predicted octanol–water partition coefficient (Wildman–Crippen LogP) is 2.14. The fourth-order valence-corrected chi connectivity index (χ4v) is 1.41. The highest BCUT2D eigenvalue weighted by molar-refractivity contribution is 5.72. The Kier molecular flexibility index (Phi) is 2.79. The van der Waals surface area contributed by atoms with Crippen molar-refractivity contribution >= 4 is 11.1 Å². The molecule has 0 atom stereocenters. The van der Waals surface area contributed by atoms with Crippen molar-refractivity contribution in [3.05, 3.63) is 30.2 Å². The number of aliphatic hydroxyl groups is 1. The molecule has 1 heterocycles. The third kappa shape index (κ3) is 1.93. The van der Waals surface area contributed by atoms with Crippen molar-refractivity contribution < 1.29 is 9.52 Å². The first-order valence-electron chi connectivity index (χ1n) is 4.85. The number of aromatic nitrogens is 1. The van der Waals surface area contributed by atoms with Crippen LogP contribution in [0.5, 0.6) is 0 Å². The number of aliphatic hydroxyl groups excluding tert-OH is 1. The second kappa shape index (κ2) is 4.24. The predicted molar refractivity (Wildman–Crippen MR) is 54.0 cm³/mol. The number of para-hydroxylation sites is 2. The van der Waals surface area contributed by atoms with Crippen LogP contribution in [0.2, 0.25) is 0 Å². The van der Waals surface area contributed by atoms with Gasteiger partial charge in [-0.2, -0.15) is 0 Å². The zero-order valence-corrected chi connectivity index (χ0v) is 7.94. The van der Waals surface area contributed by atoms with Gasteiger partial charge >= 0.3 is 0 Å². The Labute approximate surface area is 82.4 Å². The number of benzene rings is 1. The fourth-order valence-electron chi connectivity index (χ4n) is 1.41. The molecule has 0 aliphatic heterocycles. The lowest BCUT2D eigenvalue weighted by molar-refractivity contribution is 0.283. The first kappa shape index (κ1) is 9.21. The van der Waals surface area contributed by atoms with Crippen LogP contribution < -0.4 is 0 Å². The SMILES string of the molecule is OCCCCc1nc2ccccc2o1. The van der Waals surface area contributed by atoms with Crippen LogP contribution in [0.15, 0.2) is 28.7 Å². The molecule has 2 aromatic rings. The topological polar surface area (TPSA) is 46.3 Å². The van der Waals surface area contributed by atoms with Gasteiger partial charge in [-0.1, -0.05) is 12.1 Å². The Morgan fingerprint density at radius 3 is 2.86 bits per heavy atom. The van der Waals surface area contributed by atoms with Crippen LogP contribution in [0.4, 0.5) is 0 Å². The van der Waals surface area contributed by atoms with E-state index in [0.29, 0.717) is 0 Å². The summed E-state index contributed by atoms with van der Waals surface area (Å²) in [5.74, 6) is 0.764. The van der Waals surface area contributed by atoms with E-state index in [0.717, 1.165) is 36.3 Å². The molecule has 0 spiro atoms. The summed E-state index contributed by atoms with van der Waals surface area (Å²) in [4.78, 5) is 4.34. The van der Waals surface area contributed by atoms with Gasteiger partial charge in [0.2, 0.25) is 0 Å². The summed E-state index contributed by atoms with van der Waals surface area (Å²) in [6.45, 7) is 0.236. The summed E-state index contributed by atoms with van der Waals surface area (Å²) < 4.78 is 5.52. The molecule has 3 heteroatoms. The number of hydrogen-bond acceptors (Lipinski definition) is 3. The van der Waals surface area contributed by atoms with Crippen LogP contribution in [-0.2, 0) is 6.42 Å². The minimum atomic E-state index is 0.236. The molecule has 0 saturated heterocycles. The average Bonchev–Trinajstić information content (AvgIpc) is 2.60. The van der Waals surface area contributed by atoms with Gasteiger partial charge in [-0.25, -0.2) is 4.98 Å². The number of rotatable bonds is 4. The van der Waals surface area contributed by atoms with Crippen LogP contribution in [-0.4, -0.2) is 16.7 Å². The van der Waals surface area contributed by atoms with E-state index >= 15 is 0 Å². The van der Waals surface area contributed by atoms with Crippen molar-refractivity contribution in [1.29, 1.82) is 0 Å². The van der Waals surface area contributed by atoms with Crippen molar-refractivity contribution in [2.45, 2.75) is 19.3 Å². The zero-order chi connectivity index (χ0) is 9.80. The van der Waals surface area contributed by atoms with Gasteiger partial charge < -0.3 is 9.52 Å². The molecule has 0 fully saturated rings. The van der Waals surface area contributed by atoms with Crippen LogP contribution >= 0.6 is 0 Å². The molecule has 1 aromatic heterocycles. The molecule has 0 aliphatic carbocycles. The third-order valence-electron chi connectivity index (χ3n) is 2.14. The first-order chi connectivity index (χ1) is 6.90. The average molecular weight is 191 g/mol. The quantitative estimate of drug-likeness (QED) is 0.753. The van der Waals surface area contributed by atoms with Crippen LogP contribution in [0.1, 0.15) is 18.7 Å². The second-order valence-electron chi connectivity index (χ2n) is 3.26. The van der Waals surface area contributed by atoms with Crippen molar-refractivity contribution in [1.82, 2.24) is 4.98 Å². The summed E-state index contributed by atoms with van der Waals surface area (Å²) in [6.07, 6.45) is 2.53. The molecule has 1 aromatic carbocycles. The van der Waals surface area contributed by atoms with E-state index in [1.807, 2.05) is 24.3 Å². The summed E-state index contributed by atoms with van der Waals surface area (Å²) in [6, 6.07) is 7.74. The highest BCUT2D eigenvalue weighted by atomic mass is 16.3. The molecule has 0 unspecified atom stereocenters. The van der Waals surface area contributed by atoms with E-state index in [2.05, 4.69) is 4.98 Å². The number of hydrogen-bond donors (Lipinski definition) is 1. The molecule has 1 N–H and O–H groups in total. The molecule has 3 nitrogen and oxygen atoms in total. The van der Waals surface area contributed by atoms with E-state index in [4.69, 9.17) is 9.52 Å². The second-order valence-corrected chi connectivity index (χ2v) is 3.26. The Morgan fingerprint density at radius 1 is 1.21 bits per heavy atom. The van der Waals surface area contributed by atoms with Gasteiger partial charge in [0.1, 0.15) is 5.52 Å². The highest BCUT2D eigenvalue weighted by Crippen LogP contribution is 2.15. The smallest absolute Gasteiger partial charge is 0.195 e. The van der Waals surface area contributed by atoms with E-state index in [9.17, 15) is 0 Å². The molecule has 0 bridgehead atoms. The maximum atomic E-state index is 8.63. The van der Waals surface area contributed by atoms with Gasteiger partial charge in [-0.15, -0.1) is 0 Å². The van der Waals surface area contributed by atoms with Crippen molar-refractivity contribution in [2.75, 3.05) is 6.61 Å². The van der Waals surface area contributed by atoms with E-state index < -0.39 is 0 Å². The molecule has 0 aliphatic rings. The molecule has 0 amide bonds. The van der Waals surface area contributed by atoms with Gasteiger partial charge in [0.25, 0.3) is 0 Å². The molecule has 0 saturated carbocycles. The minimum Gasteiger partial charge on any atom is -0.441 e. The molecule has 0 radical (unpaired) electrons. The summed E-state index contributed by atoms with van der Waals surface area (Å²) in [7, 11) is 0. The Bertz CT molecular complexity index is 375. The van der Waals surface area contributed by atoms with E-state index in [-0.39, 0.29) is 6.61 Å². The van der Waals surface area contributed by atoms with Gasteiger partial charge in [0, 0.05) is 13.0 Å². The highest BCUT2D eigenvalue weighted by Gasteiger charge is 2.03. The van der Waals surface area contributed by atoms with Crippen molar-refractivity contribution in [3.63, 3.8) is 0 Å². The number of unbranched alkanes of at least 4 members (excludes halogenated alkanes) is 1. The van der Waals surface area contributed by atoms with Crippen LogP contribution in [0, 0.1) is 0 Å². The summed E-state index contributed by atoms with van der Waals surface area (Å²) in [5.41, 5.74) is 1.75. The standard InChI is InChI=1S/C11H13NO2/c13-8-4-3-7-11-12-9-5-1-2-6-10(9)14-11/h1-2,5-6,13H,3-4,7-8H2. The largest absolute Gasteiger partial charge is 0.441 e. The van der Waals surface area contributed by atoms with Gasteiger partial charge in [0.05, 0.1) is 0 Å². The molecular formula is C11H13NO2. The normalized spacial score (nSPS) is 10.9. The summed E-state index contributed by atoms with van der Waals surface area (Å²) in [5, 5.41) is 8.63. The Balaban J connectivity index is 2.11. The monoisotopic (exact) mass is 191 g/mol. The lowest BCUT2D eigenvalue weighted by atomic mass is 10.2. The molecule has 74 valence electrons. The first-order valence-corrected chi connectivity index (χ1v) is 4.85. The number of nitrogens with zero attached hydrogens (tertiary/aromatic N) is 1. The zero-order valence-electron chi connectivity index (χ0n) is 7.94. The maximum Gasteiger partial charge on any atom is 0.195 e.